The zero-order chi connectivity index (χ0) is 5.86. The van der Waals surface area contributed by atoms with E-state index in [4.69, 9.17) is 19.8 Å². The molecule has 0 aromatic carbocycles. The molecule has 0 aromatic heterocycles. The molecule has 0 aliphatic rings. The molecular formula is C2CuO5. The Labute approximate surface area is 54.7 Å². The summed E-state index contributed by atoms with van der Waals surface area (Å²) in [5.74, 6) is 0. The van der Waals surface area contributed by atoms with E-state index in [0.29, 0.717) is 0 Å². The van der Waals surface area contributed by atoms with Gasteiger partial charge in [0.15, 0.2) is 0 Å². The Bertz CT molecular complexity index is 86.6. The summed E-state index contributed by atoms with van der Waals surface area (Å²) in [7, 11) is 0. The van der Waals surface area contributed by atoms with Gasteiger partial charge in [-0.15, -0.1) is 0 Å². The van der Waals surface area contributed by atoms with Crippen LogP contribution >= 0.6 is 0 Å². The Morgan fingerprint density at radius 2 is 1.38 bits per heavy atom. The van der Waals surface area contributed by atoms with E-state index < -0.39 is 12.3 Å². The monoisotopic (exact) mass is 167 g/mol. The predicted octanol–water partition coefficient (Wildman–Crippen LogP) is -2.31. The molecule has 5 nitrogen and oxygen atoms in total. The van der Waals surface area contributed by atoms with Crippen molar-refractivity contribution in [1.29, 1.82) is 0 Å². The Morgan fingerprint density at radius 3 is 1.38 bits per heavy atom. The van der Waals surface area contributed by atoms with Crippen LogP contribution in [0.1, 0.15) is 0 Å². The van der Waals surface area contributed by atoms with Crippen LogP contribution in [0.4, 0.5) is 9.59 Å². The van der Waals surface area contributed by atoms with Gasteiger partial charge in [-0.25, -0.2) is 0 Å². The second-order valence-corrected chi connectivity index (χ2v) is 0.602. The van der Waals surface area contributed by atoms with Crippen molar-refractivity contribution < 1.29 is 41.6 Å². The summed E-state index contributed by atoms with van der Waals surface area (Å²) in [4.78, 5) is 18.1. The van der Waals surface area contributed by atoms with Crippen molar-refractivity contribution in [2.24, 2.45) is 0 Å². The molecule has 0 saturated carbocycles. The molecule has 49 valence electrons. The summed E-state index contributed by atoms with van der Waals surface area (Å²) in [6.07, 6.45) is -4.25. The van der Waals surface area contributed by atoms with Crippen LogP contribution in [0.3, 0.4) is 0 Å². The number of rotatable bonds is 0. The van der Waals surface area contributed by atoms with Crippen molar-refractivity contribution in [3.63, 3.8) is 0 Å². The van der Waals surface area contributed by atoms with E-state index in [0.717, 1.165) is 0 Å². The number of hydrogen-bond acceptors (Lipinski definition) is 5. The van der Waals surface area contributed by atoms with E-state index in [-0.39, 0.29) is 17.1 Å². The number of carboxylic acid groups (broad SMARTS) is 2. The minimum absolute atomic E-state index is 0. The van der Waals surface area contributed by atoms with Gasteiger partial charge < -0.3 is 24.5 Å². The fourth-order valence-corrected chi connectivity index (χ4v) is 0.0680. The smallest absolute Gasteiger partial charge is 0.483 e. The first-order valence-electron chi connectivity index (χ1n) is 1.22. The van der Waals surface area contributed by atoms with Gasteiger partial charge in [0, 0.05) is 0 Å². The minimum atomic E-state index is -2.12. The Kier molecular flexibility index (Phi) is 5.68. The van der Waals surface area contributed by atoms with E-state index in [1.54, 1.807) is 0 Å². The molecule has 0 spiro atoms. The second-order valence-electron chi connectivity index (χ2n) is 0.602. The van der Waals surface area contributed by atoms with Gasteiger partial charge in [-0.2, -0.15) is 0 Å². The summed E-state index contributed by atoms with van der Waals surface area (Å²) >= 11 is 0. The van der Waals surface area contributed by atoms with Crippen LogP contribution in [0.15, 0.2) is 0 Å². The van der Waals surface area contributed by atoms with Crippen LogP contribution in [-0.2, 0) is 21.8 Å². The van der Waals surface area contributed by atoms with Crippen molar-refractivity contribution in [3.05, 3.63) is 0 Å². The molecule has 0 aliphatic carbocycles. The molecule has 0 saturated heterocycles. The van der Waals surface area contributed by atoms with E-state index >= 15 is 0 Å². The molecule has 8 heavy (non-hydrogen) atoms. The molecule has 0 unspecified atom stereocenters. The summed E-state index contributed by atoms with van der Waals surface area (Å²) in [6, 6.07) is 0. The summed E-state index contributed by atoms with van der Waals surface area (Å²) in [5, 5.41) is 18.1. The zero-order valence-electron chi connectivity index (χ0n) is 3.34. The Hall–Kier alpha value is -0.741. The molecule has 0 heterocycles. The first-order valence-corrected chi connectivity index (χ1v) is 1.22. The largest absolute Gasteiger partial charge is 2.00 e. The SMILES string of the molecule is O=C([O-])OC(=O)[O-].[Cu+2]. The average Bonchev–Trinajstić information content (AvgIpc) is 1.27. The first kappa shape index (κ1) is 10.3. The summed E-state index contributed by atoms with van der Waals surface area (Å²) in [6.45, 7) is 0. The standard InChI is InChI=1S/C2H2O5.Cu/c3-1(4)7-2(5)6;/h(H,3,4)(H,5,6);/q;+2/p-2. The molecule has 6 heteroatoms. The van der Waals surface area contributed by atoms with Crippen LogP contribution in [0.5, 0.6) is 0 Å². The molecule has 0 bridgehead atoms. The van der Waals surface area contributed by atoms with E-state index in [1.807, 2.05) is 0 Å². The van der Waals surface area contributed by atoms with Gasteiger partial charge >= 0.3 is 17.1 Å². The summed E-state index contributed by atoms with van der Waals surface area (Å²) in [5.41, 5.74) is 0. The predicted molar refractivity (Wildman–Crippen MR) is 11.9 cm³/mol. The van der Waals surface area contributed by atoms with Gasteiger partial charge in [-0.05, 0) is 0 Å². The molecule has 0 amide bonds. The molecule has 0 N–H and O–H groups in total. The second kappa shape index (κ2) is 4.42. The maximum atomic E-state index is 9.06. The van der Waals surface area contributed by atoms with Crippen LogP contribution in [-0.4, -0.2) is 12.3 Å². The average molecular weight is 168 g/mol. The minimum Gasteiger partial charge on any atom is -0.483 e. The van der Waals surface area contributed by atoms with Gasteiger partial charge in [-0.1, -0.05) is 0 Å². The fraction of sp³-hybridized carbons (Fsp3) is 0. The van der Waals surface area contributed by atoms with Crippen LogP contribution in [0.25, 0.3) is 0 Å². The molecule has 0 aliphatic heterocycles. The maximum Gasteiger partial charge on any atom is 2.00 e. The van der Waals surface area contributed by atoms with Crippen molar-refractivity contribution in [3.8, 4) is 0 Å². The topological polar surface area (TPSA) is 89.5 Å². The van der Waals surface area contributed by atoms with Crippen molar-refractivity contribution in [1.82, 2.24) is 0 Å². The molecule has 0 rings (SSSR count). The van der Waals surface area contributed by atoms with Crippen molar-refractivity contribution in [2.75, 3.05) is 0 Å². The van der Waals surface area contributed by atoms with Crippen LogP contribution < -0.4 is 10.2 Å². The zero-order valence-corrected chi connectivity index (χ0v) is 4.28. The van der Waals surface area contributed by atoms with E-state index in [9.17, 15) is 0 Å². The van der Waals surface area contributed by atoms with Gasteiger partial charge in [0.25, 0.3) is 12.3 Å². The molecule has 0 aromatic rings. The Morgan fingerprint density at radius 1 is 1.12 bits per heavy atom. The maximum absolute atomic E-state index is 9.06. The number of carbonyl (C=O) groups is 2. The summed E-state index contributed by atoms with van der Waals surface area (Å²) < 4.78 is 2.86. The fourth-order valence-electron chi connectivity index (χ4n) is 0.0680. The van der Waals surface area contributed by atoms with Gasteiger partial charge in [-0.3, -0.25) is 0 Å². The van der Waals surface area contributed by atoms with Crippen LogP contribution in [0.2, 0.25) is 0 Å². The first-order chi connectivity index (χ1) is 3.13. The molecular weight excluding hydrogens is 168 g/mol. The van der Waals surface area contributed by atoms with Gasteiger partial charge in [0.05, 0.1) is 0 Å². The van der Waals surface area contributed by atoms with Crippen molar-refractivity contribution in [2.45, 2.75) is 0 Å². The Balaban J connectivity index is 0. The molecule has 0 atom stereocenters. The van der Waals surface area contributed by atoms with E-state index in [2.05, 4.69) is 4.74 Å². The normalized spacial score (nSPS) is 6.50. The van der Waals surface area contributed by atoms with E-state index in [1.165, 1.54) is 0 Å². The van der Waals surface area contributed by atoms with Gasteiger partial charge in [0.1, 0.15) is 0 Å². The molecule has 1 radical (unpaired) electrons. The quantitative estimate of drug-likeness (QED) is 0.230. The van der Waals surface area contributed by atoms with Crippen LogP contribution in [0, 0.1) is 0 Å². The number of carbonyl (C=O) groups excluding carboxylic acids is 2. The number of ether oxygens (including phenoxy) is 1. The molecule has 0 fully saturated rings. The van der Waals surface area contributed by atoms with Crippen molar-refractivity contribution >= 4 is 12.3 Å². The third-order valence-electron chi connectivity index (χ3n) is 0.167. The number of hydrogen-bond donors (Lipinski definition) is 0. The third kappa shape index (κ3) is 8.98. The third-order valence-corrected chi connectivity index (χ3v) is 0.167. The van der Waals surface area contributed by atoms with Gasteiger partial charge in [0.2, 0.25) is 0 Å².